The van der Waals surface area contributed by atoms with Gasteiger partial charge < -0.3 is 4.74 Å². The summed E-state index contributed by atoms with van der Waals surface area (Å²) in [6.45, 7) is 7.74. The number of rotatable bonds is 11. The predicted octanol–water partition coefficient (Wildman–Crippen LogP) is 4.94. The van der Waals surface area contributed by atoms with Crippen LogP contribution in [0.4, 0.5) is 0 Å². The Kier molecular flexibility index (Phi) is 12.0. The van der Waals surface area contributed by atoms with Crippen molar-refractivity contribution < 1.29 is 4.74 Å². The summed E-state index contributed by atoms with van der Waals surface area (Å²) < 4.78 is 5.95. The molecular weight excluding hydrogens is 184 g/mol. The second-order valence-electron chi connectivity index (χ2n) is 4.48. The van der Waals surface area contributed by atoms with Gasteiger partial charge in [0.2, 0.25) is 0 Å². The van der Waals surface area contributed by atoms with Crippen molar-refractivity contribution in [2.75, 3.05) is 6.61 Å². The van der Waals surface area contributed by atoms with Gasteiger partial charge in [-0.05, 0) is 19.3 Å². The number of hydrogen-bond acceptors (Lipinski definition) is 1. The number of unbranched alkanes of at least 4 members (excludes halogenated alkanes) is 4. The minimum Gasteiger partial charge on any atom is -0.378 e. The summed E-state index contributed by atoms with van der Waals surface area (Å²) >= 11 is 0. The van der Waals surface area contributed by atoms with Gasteiger partial charge in [0.1, 0.15) is 0 Å². The maximum absolute atomic E-state index is 5.95. The zero-order valence-electron chi connectivity index (χ0n) is 11.1. The van der Waals surface area contributed by atoms with E-state index in [9.17, 15) is 0 Å². The first-order valence-corrected chi connectivity index (χ1v) is 6.96. The van der Waals surface area contributed by atoms with Crippen molar-refractivity contribution in [1.82, 2.24) is 0 Å². The van der Waals surface area contributed by atoms with Crippen LogP contribution in [0.25, 0.3) is 0 Å². The summed E-state index contributed by atoms with van der Waals surface area (Å²) in [4.78, 5) is 0. The van der Waals surface area contributed by atoms with Gasteiger partial charge in [0, 0.05) is 6.61 Å². The van der Waals surface area contributed by atoms with Crippen LogP contribution in [-0.2, 0) is 4.74 Å². The van der Waals surface area contributed by atoms with E-state index < -0.39 is 0 Å². The Hall–Kier alpha value is -0.0400. The van der Waals surface area contributed by atoms with Crippen molar-refractivity contribution in [2.45, 2.75) is 84.7 Å². The predicted molar refractivity (Wildman–Crippen MR) is 68.3 cm³/mol. The molecule has 15 heavy (non-hydrogen) atoms. The van der Waals surface area contributed by atoms with E-state index in [1.165, 1.54) is 57.8 Å². The average molecular weight is 214 g/mol. The molecule has 0 bridgehead atoms. The lowest BCUT2D eigenvalue weighted by Crippen LogP contribution is -2.13. The molecule has 0 fully saturated rings. The zero-order chi connectivity index (χ0) is 11.4. The molecule has 1 heteroatoms. The van der Waals surface area contributed by atoms with Crippen molar-refractivity contribution in [2.24, 2.45) is 0 Å². The molecule has 0 saturated carbocycles. The van der Waals surface area contributed by atoms with E-state index >= 15 is 0 Å². The number of hydrogen-bond donors (Lipinski definition) is 0. The van der Waals surface area contributed by atoms with Gasteiger partial charge in [0.05, 0.1) is 6.10 Å². The molecule has 0 saturated heterocycles. The molecule has 0 N–H and O–H groups in total. The molecule has 0 rings (SSSR count). The molecule has 0 atom stereocenters. The largest absolute Gasteiger partial charge is 0.378 e. The van der Waals surface area contributed by atoms with Crippen LogP contribution in [0.3, 0.4) is 0 Å². The monoisotopic (exact) mass is 214 g/mol. The molecular formula is C14H30O. The molecule has 0 aliphatic rings. The van der Waals surface area contributed by atoms with E-state index in [0.717, 1.165) is 6.61 Å². The molecule has 0 aromatic rings. The highest BCUT2D eigenvalue weighted by Gasteiger charge is 2.07. The van der Waals surface area contributed by atoms with Crippen LogP contribution in [0.5, 0.6) is 0 Å². The SMILES string of the molecule is CCCCCOC(CCCC)CCCC. The summed E-state index contributed by atoms with van der Waals surface area (Å²) in [6.07, 6.45) is 12.1. The van der Waals surface area contributed by atoms with Crippen LogP contribution >= 0.6 is 0 Å². The van der Waals surface area contributed by atoms with Gasteiger partial charge >= 0.3 is 0 Å². The van der Waals surface area contributed by atoms with Crippen LogP contribution in [0.15, 0.2) is 0 Å². The Morgan fingerprint density at radius 2 is 1.27 bits per heavy atom. The quantitative estimate of drug-likeness (QED) is 0.442. The lowest BCUT2D eigenvalue weighted by molar-refractivity contribution is 0.0365. The molecule has 0 aromatic heterocycles. The molecule has 0 radical (unpaired) electrons. The molecule has 0 unspecified atom stereocenters. The van der Waals surface area contributed by atoms with Crippen LogP contribution < -0.4 is 0 Å². The van der Waals surface area contributed by atoms with Crippen LogP contribution in [0.2, 0.25) is 0 Å². The van der Waals surface area contributed by atoms with E-state index in [4.69, 9.17) is 4.74 Å². The van der Waals surface area contributed by atoms with E-state index in [2.05, 4.69) is 20.8 Å². The molecule has 92 valence electrons. The zero-order valence-corrected chi connectivity index (χ0v) is 11.1. The van der Waals surface area contributed by atoms with E-state index in [1.54, 1.807) is 0 Å². The van der Waals surface area contributed by atoms with Crippen molar-refractivity contribution in [3.8, 4) is 0 Å². The normalized spacial score (nSPS) is 11.2. The molecule has 0 spiro atoms. The fourth-order valence-electron chi connectivity index (χ4n) is 1.78. The van der Waals surface area contributed by atoms with Gasteiger partial charge in [-0.25, -0.2) is 0 Å². The van der Waals surface area contributed by atoms with Gasteiger partial charge in [0.25, 0.3) is 0 Å². The number of ether oxygens (including phenoxy) is 1. The van der Waals surface area contributed by atoms with Gasteiger partial charge in [0.15, 0.2) is 0 Å². The third-order valence-corrected chi connectivity index (χ3v) is 2.86. The minimum atomic E-state index is 0.543. The Morgan fingerprint density at radius 3 is 1.73 bits per heavy atom. The van der Waals surface area contributed by atoms with Crippen molar-refractivity contribution in [1.29, 1.82) is 0 Å². The molecule has 1 nitrogen and oxygen atoms in total. The second-order valence-corrected chi connectivity index (χ2v) is 4.48. The van der Waals surface area contributed by atoms with E-state index in [-0.39, 0.29) is 0 Å². The van der Waals surface area contributed by atoms with Gasteiger partial charge in [-0.1, -0.05) is 59.3 Å². The van der Waals surface area contributed by atoms with Crippen LogP contribution in [0.1, 0.15) is 78.6 Å². The average Bonchev–Trinajstić information content (AvgIpc) is 2.27. The van der Waals surface area contributed by atoms with Crippen LogP contribution in [0, 0.1) is 0 Å². The first kappa shape index (κ1) is 15.0. The topological polar surface area (TPSA) is 9.23 Å². The van der Waals surface area contributed by atoms with Gasteiger partial charge in [-0.2, -0.15) is 0 Å². The fourth-order valence-corrected chi connectivity index (χ4v) is 1.78. The maximum Gasteiger partial charge on any atom is 0.0575 e. The summed E-state index contributed by atoms with van der Waals surface area (Å²) in [5.74, 6) is 0. The standard InChI is InChI=1S/C14H30O/c1-4-7-10-13-15-14(11-8-5-2)12-9-6-3/h14H,4-13H2,1-3H3. The van der Waals surface area contributed by atoms with E-state index in [0.29, 0.717) is 6.10 Å². The Bertz CT molecular complexity index is 104. The molecule has 0 aliphatic carbocycles. The molecule has 0 amide bonds. The molecule has 0 aromatic carbocycles. The first-order chi connectivity index (χ1) is 7.35. The smallest absolute Gasteiger partial charge is 0.0575 e. The van der Waals surface area contributed by atoms with Crippen molar-refractivity contribution in [3.05, 3.63) is 0 Å². The highest BCUT2D eigenvalue weighted by Crippen LogP contribution is 2.13. The lowest BCUT2D eigenvalue weighted by Gasteiger charge is -2.17. The van der Waals surface area contributed by atoms with Gasteiger partial charge in [-0.3, -0.25) is 0 Å². The van der Waals surface area contributed by atoms with E-state index in [1.807, 2.05) is 0 Å². The summed E-state index contributed by atoms with van der Waals surface area (Å²) in [5, 5.41) is 0. The van der Waals surface area contributed by atoms with Gasteiger partial charge in [-0.15, -0.1) is 0 Å². The lowest BCUT2D eigenvalue weighted by atomic mass is 10.1. The third-order valence-electron chi connectivity index (χ3n) is 2.86. The summed E-state index contributed by atoms with van der Waals surface area (Å²) in [5.41, 5.74) is 0. The van der Waals surface area contributed by atoms with Crippen LogP contribution in [-0.4, -0.2) is 12.7 Å². The minimum absolute atomic E-state index is 0.543. The Labute approximate surface area is 96.6 Å². The first-order valence-electron chi connectivity index (χ1n) is 6.96. The van der Waals surface area contributed by atoms with Crippen molar-refractivity contribution >= 4 is 0 Å². The maximum atomic E-state index is 5.95. The highest BCUT2D eigenvalue weighted by atomic mass is 16.5. The molecule has 0 aliphatic heterocycles. The second kappa shape index (κ2) is 12.0. The fraction of sp³-hybridized carbons (Fsp3) is 1.00. The third kappa shape index (κ3) is 10.2. The molecule has 0 heterocycles. The Morgan fingerprint density at radius 1 is 0.733 bits per heavy atom. The van der Waals surface area contributed by atoms with Crippen molar-refractivity contribution in [3.63, 3.8) is 0 Å². The summed E-state index contributed by atoms with van der Waals surface area (Å²) in [6, 6.07) is 0. The highest BCUT2D eigenvalue weighted by molar-refractivity contribution is 4.58. The summed E-state index contributed by atoms with van der Waals surface area (Å²) in [7, 11) is 0. The Balaban J connectivity index is 3.49.